The van der Waals surface area contributed by atoms with Crippen molar-refractivity contribution in [2.45, 2.75) is 39.7 Å². The first kappa shape index (κ1) is 18.4. The van der Waals surface area contributed by atoms with Crippen molar-refractivity contribution in [2.24, 2.45) is 5.92 Å². The number of fused-ring (bicyclic) bond motifs is 1. The number of carbonyl (C=O) groups excluding carboxylic acids is 1. The van der Waals surface area contributed by atoms with Crippen LogP contribution in [0.15, 0.2) is 53.3 Å². The molecule has 1 saturated carbocycles. The predicted octanol–water partition coefficient (Wildman–Crippen LogP) is 3.95. The highest BCUT2D eigenvalue weighted by Crippen LogP contribution is 2.29. The average molecular weight is 375 g/mol. The quantitative estimate of drug-likeness (QED) is 0.678. The van der Waals surface area contributed by atoms with Crippen LogP contribution < -0.4 is 5.56 Å². The van der Waals surface area contributed by atoms with E-state index in [0.717, 1.165) is 25.1 Å². The minimum Gasteiger partial charge on any atom is -0.335 e. The van der Waals surface area contributed by atoms with Crippen LogP contribution in [-0.2, 0) is 0 Å². The predicted molar refractivity (Wildman–Crippen MR) is 111 cm³/mol. The highest BCUT2D eigenvalue weighted by molar-refractivity contribution is 5.94. The molecule has 1 aliphatic carbocycles. The van der Waals surface area contributed by atoms with Gasteiger partial charge < -0.3 is 4.90 Å². The van der Waals surface area contributed by atoms with Gasteiger partial charge in [-0.2, -0.15) is 0 Å². The van der Waals surface area contributed by atoms with Gasteiger partial charge in [-0.05, 0) is 62.1 Å². The maximum absolute atomic E-state index is 13.0. The molecular weight excluding hydrogens is 350 g/mol. The number of aromatic nitrogens is 2. The fraction of sp³-hybridized carbons (Fsp3) is 0.348. The lowest BCUT2D eigenvalue weighted by molar-refractivity contribution is 0.0722. The van der Waals surface area contributed by atoms with Crippen molar-refractivity contribution in [3.63, 3.8) is 0 Å². The minimum absolute atomic E-state index is 0.0726. The summed E-state index contributed by atoms with van der Waals surface area (Å²) in [6.45, 7) is 6.87. The highest BCUT2D eigenvalue weighted by atomic mass is 16.2. The van der Waals surface area contributed by atoms with Gasteiger partial charge in [-0.3, -0.25) is 14.2 Å². The van der Waals surface area contributed by atoms with Crippen molar-refractivity contribution in [3.8, 4) is 5.69 Å². The molecule has 0 bridgehead atoms. The summed E-state index contributed by atoms with van der Waals surface area (Å²) in [5.74, 6) is 1.14. The average Bonchev–Trinajstić information content (AvgIpc) is 3.51. The van der Waals surface area contributed by atoms with Gasteiger partial charge in [0, 0.05) is 18.2 Å². The maximum atomic E-state index is 13.0. The van der Waals surface area contributed by atoms with E-state index in [9.17, 15) is 9.59 Å². The fourth-order valence-corrected chi connectivity index (χ4v) is 3.64. The van der Waals surface area contributed by atoms with E-state index >= 15 is 0 Å². The van der Waals surface area contributed by atoms with Gasteiger partial charge in [-0.1, -0.05) is 26.0 Å². The van der Waals surface area contributed by atoms with Crippen molar-refractivity contribution in [1.29, 1.82) is 0 Å². The molecule has 0 radical (unpaired) electrons. The molecule has 0 saturated heterocycles. The Balaban J connectivity index is 1.68. The van der Waals surface area contributed by atoms with Crippen LogP contribution >= 0.6 is 0 Å². The lowest BCUT2D eigenvalue weighted by Gasteiger charge is -2.24. The van der Waals surface area contributed by atoms with Crippen molar-refractivity contribution >= 4 is 16.8 Å². The van der Waals surface area contributed by atoms with Crippen LogP contribution in [0.2, 0.25) is 0 Å². The van der Waals surface area contributed by atoms with Gasteiger partial charge in [0.25, 0.3) is 11.5 Å². The third-order valence-electron chi connectivity index (χ3n) is 5.13. The summed E-state index contributed by atoms with van der Waals surface area (Å²) >= 11 is 0. The Morgan fingerprint density at radius 2 is 1.82 bits per heavy atom. The summed E-state index contributed by atoms with van der Waals surface area (Å²) in [7, 11) is 0. The lowest BCUT2D eigenvalue weighted by atomic mass is 10.1. The second kappa shape index (κ2) is 7.23. The fourth-order valence-electron chi connectivity index (χ4n) is 3.64. The van der Waals surface area contributed by atoms with Crippen molar-refractivity contribution in [1.82, 2.24) is 14.5 Å². The van der Waals surface area contributed by atoms with Crippen LogP contribution in [0.25, 0.3) is 16.6 Å². The number of aryl methyl sites for hydroxylation is 1. The molecule has 0 aliphatic heterocycles. The number of benzene rings is 2. The van der Waals surface area contributed by atoms with Gasteiger partial charge >= 0.3 is 0 Å². The summed E-state index contributed by atoms with van der Waals surface area (Å²) in [5.41, 5.74) is 1.98. The molecule has 0 atom stereocenters. The number of para-hydroxylation sites is 1. The van der Waals surface area contributed by atoms with E-state index in [0.29, 0.717) is 34.3 Å². The number of carbonyl (C=O) groups is 1. The van der Waals surface area contributed by atoms with Gasteiger partial charge in [0.05, 0.1) is 16.6 Å². The smallest absolute Gasteiger partial charge is 0.265 e. The number of hydrogen-bond donors (Lipinski definition) is 0. The normalized spacial score (nSPS) is 13.9. The van der Waals surface area contributed by atoms with E-state index < -0.39 is 0 Å². The van der Waals surface area contributed by atoms with E-state index in [1.54, 1.807) is 10.6 Å². The second-order valence-electron chi connectivity index (χ2n) is 7.95. The van der Waals surface area contributed by atoms with Gasteiger partial charge in [0.15, 0.2) is 0 Å². The van der Waals surface area contributed by atoms with Crippen LogP contribution in [0.5, 0.6) is 0 Å². The SMILES string of the molecule is Cc1nc2ccccc2c(=O)n1-c1ccc(C(=O)N(CC(C)C)C2CC2)cc1. The third kappa shape index (κ3) is 3.44. The van der Waals surface area contributed by atoms with Crippen LogP contribution in [0.3, 0.4) is 0 Å². The highest BCUT2D eigenvalue weighted by Gasteiger charge is 2.33. The van der Waals surface area contributed by atoms with Crippen molar-refractivity contribution in [2.75, 3.05) is 6.54 Å². The van der Waals surface area contributed by atoms with Gasteiger partial charge in [-0.15, -0.1) is 0 Å². The second-order valence-corrected chi connectivity index (χ2v) is 7.95. The largest absolute Gasteiger partial charge is 0.335 e. The molecule has 4 rings (SSSR count). The van der Waals surface area contributed by atoms with Gasteiger partial charge in [0.1, 0.15) is 5.82 Å². The van der Waals surface area contributed by atoms with Crippen LogP contribution in [0.4, 0.5) is 0 Å². The first-order chi connectivity index (χ1) is 13.5. The summed E-state index contributed by atoms with van der Waals surface area (Å²) in [6.07, 6.45) is 2.18. The first-order valence-corrected chi connectivity index (χ1v) is 9.85. The van der Waals surface area contributed by atoms with Gasteiger partial charge in [-0.25, -0.2) is 4.98 Å². The molecular formula is C23H25N3O2. The summed E-state index contributed by atoms with van der Waals surface area (Å²) in [4.78, 5) is 32.5. The lowest BCUT2D eigenvalue weighted by Crippen LogP contribution is -2.36. The molecule has 5 nitrogen and oxygen atoms in total. The summed E-state index contributed by atoms with van der Waals surface area (Å²) < 4.78 is 1.60. The Kier molecular flexibility index (Phi) is 4.75. The standard InChI is InChI=1S/C23H25N3O2/c1-15(2)14-25(18-12-13-18)22(27)17-8-10-19(11-9-17)26-16(3)24-21-7-5-4-6-20(21)23(26)28/h4-11,15,18H,12-14H2,1-3H3. The zero-order valence-electron chi connectivity index (χ0n) is 16.6. The van der Waals surface area contributed by atoms with E-state index in [1.165, 1.54) is 0 Å². The zero-order chi connectivity index (χ0) is 19.8. The molecule has 3 aromatic rings. The number of amides is 1. The molecule has 0 N–H and O–H groups in total. The van der Waals surface area contributed by atoms with Crippen molar-refractivity contribution in [3.05, 3.63) is 70.3 Å². The van der Waals surface area contributed by atoms with E-state index in [2.05, 4.69) is 18.8 Å². The number of rotatable bonds is 5. The Hall–Kier alpha value is -2.95. The molecule has 28 heavy (non-hydrogen) atoms. The molecule has 2 aromatic carbocycles. The van der Waals surface area contributed by atoms with Crippen LogP contribution in [0, 0.1) is 12.8 Å². The molecule has 1 aliphatic rings. The van der Waals surface area contributed by atoms with E-state index in [-0.39, 0.29) is 11.5 Å². The monoisotopic (exact) mass is 375 g/mol. The molecule has 1 aromatic heterocycles. The first-order valence-electron chi connectivity index (χ1n) is 9.85. The molecule has 144 valence electrons. The maximum Gasteiger partial charge on any atom is 0.265 e. The number of nitrogens with zero attached hydrogens (tertiary/aromatic N) is 3. The minimum atomic E-state index is -0.0957. The van der Waals surface area contributed by atoms with Crippen molar-refractivity contribution < 1.29 is 4.79 Å². The topological polar surface area (TPSA) is 55.2 Å². The summed E-state index contributed by atoms with van der Waals surface area (Å²) in [5, 5.41) is 0.588. The number of hydrogen-bond acceptors (Lipinski definition) is 3. The van der Waals surface area contributed by atoms with E-state index in [1.807, 2.05) is 54.3 Å². The Morgan fingerprint density at radius 1 is 1.14 bits per heavy atom. The van der Waals surface area contributed by atoms with Crippen LogP contribution in [-0.4, -0.2) is 32.9 Å². The Labute approximate surface area is 164 Å². The molecule has 0 unspecified atom stereocenters. The summed E-state index contributed by atoms with van der Waals surface area (Å²) in [6, 6.07) is 15.0. The van der Waals surface area contributed by atoms with Gasteiger partial charge in [0.2, 0.25) is 0 Å². The Bertz CT molecular complexity index is 1080. The van der Waals surface area contributed by atoms with Crippen LogP contribution in [0.1, 0.15) is 42.9 Å². The molecule has 0 spiro atoms. The molecule has 1 heterocycles. The molecule has 1 fully saturated rings. The molecule has 5 heteroatoms. The molecule has 1 amide bonds. The Morgan fingerprint density at radius 3 is 2.46 bits per heavy atom. The third-order valence-corrected chi connectivity index (χ3v) is 5.13. The van der Waals surface area contributed by atoms with E-state index in [4.69, 9.17) is 0 Å². The zero-order valence-corrected chi connectivity index (χ0v) is 16.6.